The molecule has 1 saturated carbocycles. The Morgan fingerprint density at radius 1 is 1.70 bits per heavy atom. The Hall–Kier alpha value is -0.790. The molecule has 0 radical (unpaired) electrons. The van der Waals surface area contributed by atoms with Crippen LogP contribution in [0.15, 0.2) is 17.3 Å². The number of hydrogen-bond acceptors (Lipinski definition) is 2. The van der Waals surface area contributed by atoms with Gasteiger partial charge < -0.3 is 5.21 Å². The molecule has 0 aromatic rings. The fourth-order valence-corrected chi connectivity index (χ4v) is 1.41. The van der Waals surface area contributed by atoms with Crippen LogP contribution in [-0.4, -0.2) is 11.4 Å². The van der Waals surface area contributed by atoms with Gasteiger partial charge in [-0.3, -0.25) is 0 Å². The number of rotatable bonds is 1. The molecular formula is C8H13NO. The van der Waals surface area contributed by atoms with E-state index < -0.39 is 0 Å². The van der Waals surface area contributed by atoms with Gasteiger partial charge in [-0.25, -0.2) is 0 Å². The summed E-state index contributed by atoms with van der Waals surface area (Å²) in [6.45, 7) is 3.90. The smallest absolute Gasteiger partial charge is 0.0470 e. The summed E-state index contributed by atoms with van der Waals surface area (Å²) in [5, 5.41) is 11.3. The Balaban J connectivity index is 2.39. The van der Waals surface area contributed by atoms with Crippen molar-refractivity contribution in [3.63, 3.8) is 0 Å². The van der Waals surface area contributed by atoms with Crippen molar-refractivity contribution < 1.29 is 5.21 Å². The zero-order valence-electron chi connectivity index (χ0n) is 6.08. The third kappa shape index (κ3) is 1.87. The Labute approximate surface area is 61.2 Å². The van der Waals surface area contributed by atoms with Crippen molar-refractivity contribution in [2.45, 2.75) is 25.7 Å². The standard InChI is InChI=1S/C8H13NO/c1-7-3-2-4-8(5-7)6-9-10/h6,8,10H,1-5H2. The van der Waals surface area contributed by atoms with Crippen molar-refractivity contribution >= 4 is 6.21 Å². The molecule has 1 N–H and O–H groups in total. The summed E-state index contributed by atoms with van der Waals surface area (Å²) in [7, 11) is 0. The molecule has 0 bridgehead atoms. The van der Waals surface area contributed by atoms with Crippen LogP contribution in [0.25, 0.3) is 0 Å². The summed E-state index contributed by atoms with van der Waals surface area (Å²) in [5.41, 5.74) is 1.29. The average molecular weight is 139 g/mol. The third-order valence-corrected chi connectivity index (χ3v) is 1.93. The van der Waals surface area contributed by atoms with E-state index in [1.54, 1.807) is 6.21 Å². The molecule has 1 aliphatic rings. The van der Waals surface area contributed by atoms with Crippen molar-refractivity contribution in [3.8, 4) is 0 Å². The lowest BCUT2D eigenvalue weighted by atomic mass is 9.87. The van der Waals surface area contributed by atoms with E-state index in [9.17, 15) is 0 Å². The molecular weight excluding hydrogens is 126 g/mol. The van der Waals surface area contributed by atoms with Crippen LogP contribution >= 0.6 is 0 Å². The second-order valence-corrected chi connectivity index (χ2v) is 2.87. The third-order valence-electron chi connectivity index (χ3n) is 1.93. The number of allylic oxidation sites excluding steroid dienone is 1. The predicted molar refractivity (Wildman–Crippen MR) is 41.4 cm³/mol. The van der Waals surface area contributed by atoms with Gasteiger partial charge in [0.1, 0.15) is 0 Å². The summed E-state index contributed by atoms with van der Waals surface area (Å²) in [4.78, 5) is 0. The number of nitrogens with zero attached hydrogens (tertiary/aromatic N) is 1. The second kappa shape index (κ2) is 3.40. The van der Waals surface area contributed by atoms with E-state index in [1.165, 1.54) is 12.0 Å². The molecule has 0 saturated heterocycles. The molecule has 0 aliphatic heterocycles. The molecule has 10 heavy (non-hydrogen) atoms. The Morgan fingerprint density at radius 2 is 2.50 bits per heavy atom. The Kier molecular flexibility index (Phi) is 2.49. The van der Waals surface area contributed by atoms with Crippen molar-refractivity contribution in [2.75, 3.05) is 0 Å². The van der Waals surface area contributed by atoms with E-state index in [1.807, 2.05) is 0 Å². The minimum absolute atomic E-state index is 0.436. The van der Waals surface area contributed by atoms with E-state index in [2.05, 4.69) is 11.7 Å². The first-order chi connectivity index (χ1) is 4.83. The van der Waals surface area contributed by atoms with Gasteiger partial charge in [-0.2, -0.15) is 0 Å². The van der Waals surface area contributed by atoms with Gasteiger partial charge in [0, 0.05) is 12.1 Å². The normalized spacial score (nSPS) is 27.6. The van der Waals surface area contributed by atoms with Crippen LogP contribution in [0.5, 0.6) is 0 Å². The molecule has 0 spiro atoms. The lowest BCUT2D eigenvalue weighted by molar-refractivity contribution is 0.316. The monoisotopic (exact) mass is 139 g/mol. The van der Waals surface area contributed by atoms with Crippen LogP contribution in [0.2, 0.25) is 0 Å². The lowest BCUT2D eigenvalue weighted by Crippen LogP contribution is -2.08. The molecule has 1 fully saturated rings. The zero-order valence-corrected chi connectivity index (χ0v) is 6.08. The molecule has 2 heteroatoms. The first-order valence-electron chi connectivity index (χ1n) is 3.67. The molecule has 1 atom stereocenters. The molecule has 56 valence electrons. The highest BCUT2D eigenvalue weighted by Gasteiger charge is 2.13. The van der Waals surface area contributed by atoms with Crippen molar-refractivity contribution in [3.05, 3.63) is 12.2 Å². The van der Waals surface area contributed by atoms with E-state index >= 15 is 0 Å². The van der Waals surface area contributed by atoms with Gasteiger partial charge in [0.15, 0.2) is 0 Å². The van der Waals surface area contributed by atoms with Crippen molar-refractivity contribution in [2.24, 2.45) is 11.1 Å². The highest BCUT2D eigenvalue weighted by molar-refractivity contribution is 5.60. The van der Waals surface area contributed by atoms with Gasteiger partial charge in [-0.05, 0) is 25.7 Å². The lowest BCUT2D eigenvalue weighted by Gasteiger charge is -2.18. The predicted octanol–water partition coefficient (Wildman–Crippen LogP) is 2.19. The summed E-state index contributed by atoms with van der Waals surface area (Å²) in [6.07, 6.45) is 6.10. The van der Waals surface area contributed by atoms with Gasteiger partial charge in [-0.1, -0.05) is 12.2 Å². The summed E-state index contributed by atoms with van der Waals surface area (Å²) in [5.74, 6) is 0.436. The van der Waals surface area contributed by atoms with Crippen LogP contribution in [0.4, 0.5) is 0 Å². The maximum atomic E-state index is 8.24. The van der Waals surface area contributed by atoms with Crippen LogP contribution in [-0.2, 0) is 0 Å². The molecule has 2 nitrogen and oxygen atoms in total. The number of hydrogen-bond donors (Lipinski definition) is 1. The van der Waals surface area contributed by atoms with Crippen LogP contribution in [0.1, 0.15) is 25.7 Å². The largest absolute Gasteiger partial charge is 0.411 e. The maximum absolute atomic E-state index is 8.24. The van der Waals surface area contributed by atoms with E-state index in [0.29, 0.717) is 5.92 Å². The van der Waals surface area contributed by atoms with Gasteiger partial charge in [-0.15, -0.1) is 5.16 Å². The first-order valence-corrected chi connectivity index (χ1v) is 3.67. The van der Waals surface area contributed by atoms with Gasteiger partial charge in [0.2, 0.25) is 0 Å². The maximum Gasteiger partial charge on any atom is 0.0470 e. The summed E-state index contributed by atoms with van der Waals surface area (Å²) < 4.78 is 0. The van der Waals surface area contributed by atoms with Crippen LogP contribution < -0.4 is 0 Å². The second-order valence-electron chi connectivity index (χ2n) is 2.87. The zero-order chi connectivity index (χ0) is 7.40. The molecule has 0 aromatic carbocycles. The quantitative estimate of drug-likeness (QED) is 0.257. The molecule has 1 aliphatic carbocycles. The van der Waals surface area contributed by atoms with Crippen molar-refractivity contribution in [1.82, 2.24) is 0 Å². The van der Waals surface area contributed by atoms with Gasteiger partial charge >= 0.3 is 0 Å². The summed E-state index contributed by atoms with van der Waals surface area (Å²) >= 11 is 0. The van der Waals surface area contributed by atoms with Gasteiger partial charge in [0.25, 0.3) is 0 Å². The summed E-state index contributed by atoms with van der Waals surface area (Å²) in [6, 6.07) is 0. The molecule has 0 aromatic heterocycles. The fourth-order valence-electron chi connectivity index (χ4n) is 1.41. The first kappa shape index (κ1) is 7.32. The molecule has 0 amide bonds. The SMILES string of the molecule is C=C1CCCC(C=NO)C1. The molecule has 1 unspecified atom stereocenters. The van der Waals surface area contributed by atoms with Crippen molar-refractivity contribution in [1.29, 1.82) is 0 Å². The minimum atomic E-state index is 0.436. The highest BCUT2D eigenvalue weighted by atomic mass is 16.4. The van der Waals surface area contributed by atoms with E-state index in [0.717, 1.165) is 19.3 Å². The van der Waals surface area contributed by atoms with Crippen LogP contribution in [0, 0.1) is 5.92 Å². The van der Waals surface area contributed by atoms with E-state index in [4.69, 9.17) is 5.21 Å². The molecule has 0 heterocycles. The molecule has 1 rings (SSSR count). The Morgan fingerprint density at radius 3 is 3.10 bits per heavy atom. The fraction of sp³-hybridized carbons (Fsp3) is 0.625. The minimum Gasteiger partial charge on any atom is -0.411 e. The average Bonchev–Trinajstić information content (AvgIpc) is 1.88. The van der Waals surface area contributed by atoms with Gasteiger partial charge in [0.05, 0.1) is 0 Å². The van der Waals surface area contributed by atoms with Crippen LogP contribution in [0.3, 0.4) is 0 Å². The highest BCUT2D eigenvalue weighted by Crippen LogP contribution is 2.25. The topological polar surface area (TPSA) is 32.6 Å². The Bertz CT molecular complexity index is 151. The van der Waals surface area contributed by atoms with E-state index in [-0.39, 0.29) is 0 Å². The number of oxime groups is 1.